The molecule has 0 unspecified atom stereocenters. The van der Waals surface area contributed by atoms with Crippen molar-refractivity contribution < 1.29 is 20.8 Å². The molecule has 0 spiro atoms. The molecule has 0 nitrogen and oxygen atoms in total. The van der Waals surface area contributed by atoms with Gasteiger partial charge in [0, 0.05) is 11.4 Å². The Morgan fingerprint density at radius 1 is 0.950 bits per heavy atom. The number of allylic oxidation sites excluding steroid dienone is 1. The van der Waals surface area contributed by atoms with Crippen LogP contribution in [0, 0.1) is 6.42 Å². The third-order valence-electron chi connectivity index (χ3n) is 3.05. The molecule has 4 heteroatoms. The Balaban J connectivity index is 0.000000452. The zero-order chi connectivity index (χ0) is 14.5. The molecule has 0 aliphatic heterocycles. The van der Waals surface area contributed by atoms with Crippen LogP contribution in [-0.4, -0.2) is 0 Å². The molecule has 0 saturated heterocycles. The number of benzene rings is 2. The second-order valence-corrected chi connectivity index (χ2v) is 8.59. The van der Waals surface area contributed by atoms with E-state index >= 15 is 0 Å². The topological polar surface area (TPSA) is 0 Å². The molecule has 20 heavy (non-hydrogen) atoms. The van der Waals surface area contributed by atoms with Gasteiger partial charge in [-0.2, -0.15) is 0 Å². The van der Waals surface area contributed by atoms with Crippen molar-refractivity contribution in [2.75, 3.05) is 0 Å². The van der Waals surface area contributed by atoms with Crippen molar-refractivity contribution in [1.29, 1.82) is 0 Å². The van der Waals surface area contributed by atoms with Crippen LogP contribution < -0.4 is 0 Å². The Bertz CT molecular complexity index is 618. The Labute approximate surface area is 143 Å². The summed E-state index contributed by atoms with van der Waals surface area (Å²) in [6.45, 7) is 2.13. The average Bonchev–Trinajstić information content (AvgIpc) is 2.80. The number of rotatable bonds is 1. The van der Waals surface area contributed by atoms with E-state index in [2.05, 4.69) is 49.8 Å². The summed E-state index contributed by atoms with van der Waals surface area (Å²) in [5.41, 5.74) is 6.40. The first-order valence-electron chi connectivity index (χ1n) is 6.04. The van der Waals surface area contributed by atoms with Crippen molar-refractivity contribution in [3.05, 3.63) is 70.6 Å². The predicted octanol–water partition coefficient (Wildman–Crippen LogP) is 6.35. The molecule has 1 radical (unpaired) electrons. The molecule has 0 N–H and O–H groups in total. The fourth-order valence-electron chi connectivity index (χ4n) is 2.27. The van der Waals surface area contributed by atoms with Crippen LogP contribution in [0.5, 0.6) is 0 Å². The van der Waals surface area contributed by atoms with E-state index in [4.69, 9.17) is 28.6 Å². The Hall–Kier alpha value is -0.0669. The van der Waals surface area contributed by atoms with Crippen LogP contribution >= 0.6 is 28.6 Å². The summed E-state index contributed by atoms with van der Waals surface area (Å²) >= 11 is 5.10. The van der Waals surface area contributed by atoms with E-state index in [0.717, 1.165) is 5.02 Å². The van der Waals surface area contributed by atoms with Crippen LogP contribution in [0.15, 0.2) is 48.0 Å². The maximum atomic E-state index is 5.92. The van der Waals surface area contributed by atoms with Crippen LogP contribution in [0.25, 0.3) is 17.2 Å². The molecular weight excluding hydrogens is 390 g/mol. The van der Waals surface area contributed by atoms with Gasteiger partial charge in [-0.1, -0.05) is 53.6 Å². The van der Waals surface area contributed by atoms with Crippen molar-refractivity contribution >= 4 is 34.7 Å². The van der Waals surface area contributed by atoms with Crippen LogP contribution in [0.1, 0.15) is 18.1 Å². The van der Waals surface area contributed by atoms with Crippen LogP contribution in [-0.2, 0) is 20.8 Å². The molecule has 0 fully saturated rings. The predicted molar refractivity (Wildman–Crippen MR) is 85.6 cm³/mol. The van der Waals surface area contributed by atoms with Gasteiger partial charge in [-0.05, 0) is 41.3 Å². The molecule has 1 aliphatic carbocycles. The zero-order valence-electron chi connectivity index (χ0n) is 10.8. The molecule has 2 aromatic rings. The van der Waals surface area contributed by atoms with Gasteiger partial charge in [0.15, 0.2) is 0 Å². The molecule has 0 bridgehead atoms. The van der Waals surface area contributed by atoms with E-state index in [1.165, 1.54) is 27.8 Å². The van der Waals surface area contributed by atoms with Gasteiger partial charge < -0.3 is 0 Å². The number of fused-ring (bicyclic) bond motifs is 1. The Morgan fingerprint density at radius 3 is 2.25 bits per heavy atom. The molecule has 0 amide bonds. The summed E-state index contributed by atoms with van der Waals surface area (Å²) in [5, 5.41) is 0.777. The normalized spacial score (nSPS) is 12.1. The van der Waals surface area contributed by atoms with E-state index in [1.807, 2.05) is 12.1 Å². The minimum atomic E-state index is -0.826. The molecule has 0 atom stereocenters. The average molecular weight is 402 g/mol. The summed E-state index contributed by atoms with van der Waals surface area (Å²) in [7, 11) is 9.87. The molecule has 0 heterocycles. The molecule has 2 aromatic carbocycles. The van der Waals surface area contributed by atoms with Crippen LogP contribution in [0.2, 0.25) is 5.02 Å². The summed E-state index contributed by atoms with van der Waals surface area (Å²) in [6, 6.07) is 14.4. The van der Waals surface area contributed by atoms with Gasteiger partial charge in [0.05, 0.1) is 0 Å². The molecule has 3 rings (SSSR count). The first kappa shape index (κ1) is 16.3. The van der Waals surface area contributed by atoms with Crippen molar-refractivity contribution in [3.8, 4) is 11.1 Å². The quantitative estimate of drug-likeness (QED) is 0.522. The molecule has 101 valence electrons. The number of hydrogen-bond acceptors (Lipinski definition) is 0. The van der Waals surface area contributed by atoms with Crippen molar-refractivity contribution in [3.63, 3.8) is 0 Å². The summed E-state index contributed by atoms with van der Waals surface area (Å²) in [6.07, 6.45) is 4.45. The van der Waals surface area contributed by atoms with Crippen molar-refractivity contribution in [2.45, 2.75) is 6.92 Å². The summed E-state index contributed by atoms with van der Waals surface area (Å²) in [4.78, 5) is 0. The van der Waals surface area contributed by atoms with E-state index < -0.39 is 20.8 Å². The molecule has 0 saturated carbocycles. The first-order chi connectivity index (χ1) is 9.65. The van der Waals surface area contributed by atoms with Gasteiger partial charge in [0.2, 0.25) is 0 Å². The third kappa shape index (κ3) is 3.98. The van der Waals surface area contributed by atoms with Gasteiger partial charge >= 0.3 is 37.9 Å². The monoisotopic (exact) mass is 399 g/mol. The molecular formula is C16H12Cl3Zr. The number of halogens is 3. The second-order valence-electron chi connectivity index (χ2n) is 4.42. The number of hydrogen-bond donors (Lipinski definition) is 0. The Morgan fingerprint density at radius 2 is 1.60 bits per heavy atom. The van der Waals surface area contributed by atoms with E-state index in [0.29, 0.717) is 0 Å². The van der Waals surface area contributed by atoms with Gasteiger partial charge in [-0.3, -0.25) is 0 Å². The summed E-state index contributed by atoms with van der Waals surface area (Å²) in [5.74, 6) is 0. The fourth-order valence-corrected chi connectivity index (χ4v) is 2.39. The SMILES string of the molecule is CC1=Cc2c(cccc2-c2ccc(Cl)cc2)[CH]1.[Cl][Zr][Cl]. The van der Waals surface area contributed by atoms with Gasteiger partial charge in [-0.15, -0.1) is 0 Å². The van der Waals surface area contributed by atoms with Crippen molar-refractivity contribution in [2.24, 2.45) is 0 Å². The third-order valence-corrected chi connectivity index (χ3v) is 3.30. The van der Waals surface area contributed by atoms with E-state index in [1.54, 1.807) is 0 Å². The molecule has 1 aliphatic rings. The van der Waals surface area contributed by atoms with E-state index in [9.17, 15) is 0 Å². The maximum absolute atomic E-state index is 5.92. The van der Waals surface area contributed by atoms with Gasteiger partial charge in [0.25, 0.3) is 0 Å². The minimum absolute atomic E-state index is 0.777. The van der Waals surface area contributed by atoms with Crippen molar-refractivity contribution in [1.82, 2.24) is 0 Å². The van der Waals surface area contributed by atoms with Crippen LogP contribution in [0.3, 0.4) is 0 Å². The standard InChI is InChI=1S/C16H12Cl.2ClH.Zr/c1-11-9-13-3-2-4-15(16(13)10-11)12-5-7-14(17)8-6-12;;;/h2-10H,1H3;2*1H;/q;;;+2/p-2. The summed E-state index contributed by atoms with van der Waals surface area (Å²) < 4.78 is 0. The molecule has 0 aromatic heterocycles. The Kier molecular flexibility index (Phi) is 6.36. The van der Waals surface area contributed by atoms with E-state index in [-0.39, 0.29) is 0 Å². The van der Waals surface area contributed by atoms with Crippen LogP contribution in [0.4, 0.5) is 0 Å². The first-order valence-corrected chi connectivity index (χ1v) is 12.7. The van der Waals surface area contributed by atoms with Gasteiger partial charge in [-0.25, -0.2) is 0 Å². The second kappa shape index (κ2) is 7.80. The van der Waals surface area contributed by atoms with Gasteiger partial charge in [0.1, 0.15) is 0 Å². The fraction of sp³-hybridized carbons (Fsp3) is 0.0625. The zero-order valence-corrected chi connectivity index (χ0v) is 15.6.